The quantitative estimate of drug-likeness (QED) is 0.840. The van der Waals surface area contributed by atoms with Crippen LogP contribution in [0.3, 0.4) is 0 Å². The molecule has 0 radical (unpaired) electrons. The number of aromatic nitrogens is 2. The van der Waals surface area contributed by atoms with E-state index in [0.29, 0.717) is 24.2 Å². The Morgan fingerprint density at radius 1 is 1.30 bits per heavy atom. The van der Waals surface area contributed by atoms with Crippen LogP contribution in [0.4, 0.5) is 19.3 Å². The molecule has 0 saturated heterocycles. The SMILES string of the molecule is CC(C)(C)OC(=O)N1CCc2c(C(=O)Nc3cc(F)ccc3F)n[nH]c2C1. The first kappa shape index (κ1) is 18.8. The summed E-state index contributed by atoms with van der Waals surface area (Å²) in [6.07, 6.45) is -0.0602. The third-order valence-corrected chi connectivity index (χ3v) is 3.98. The number of halogens is 2. The number of fused-ring (bicyclic) bond motifs is 1. The van der Waals surface area contributed by atoms with Crippen molar-refractivity contribution in [2.75, 3.05) is 11.9 Å². The van der Waals surface area contributed by atoms with E-state index < -0.39 is 29.2 Å². The van der Waals surface area contributed by atoms with Gasteiger partial charge in [0.15, 0.2) is 5.69 Å². The Morgan fingerprint density at radius 2 is 2.04 bits per heavy atom. The highest BCUT2D eigenvalue weighted by Gasteiger charge is 2.30. The van der Waals surface area contributed by atoms with Crippen molar-refractivity contribution in [3.05, 3.63) is 46.8 Å². The Hall–Kier alpha value is -2.97. The number of aromatic amines is 1. The number of hydrogen-bond donors (Lipinski definition) is 2. The second-order valence-electron chi connectivity index (χ2n) is 7.26. The lowest BCUT2D eigenvalue weighted by Crippen LogP contribution is -2.40. The van der Waals surface area contributed by atoms with E-state index in [4.69, 9.17) is 4.74 Å². The number of carbonyl (C=O) groups is 2. The Labute approximate surface area is 154 Å². The summed E-state index contributed by atoms with van der Waals surface area (Å²) in [4.78, 5) is 26.1. The molecular weight excluding hydrogens is 358 g/mol. The maximum Gasteiger partial charge on any atom is 0.410 e. The monoisotopic (exact) mass is 378 g/mol. The summed E-state index contributed by atoms with van der Waals surface area (Å²) in [7, 11) is 0. The number of amides is 2. The summed E-state index contributed by atoms with van der Waals surface area (Å²) in [5, 5.41) is 9.05. The molecule has 2 N–H and O–H groups in total. The highest BCUT2D eigenvalue weighted by Crippen LogP contribution is 2.23. The molecule has 0 atom stereocenters. The topological polar surface area (TPSA) is 87.3 Å². The third kappa shape index (κ3) is 4.24. The van der Waals surface area contributed by atoms with Crippen molar-refractivity contribution in [1.29, 1.82) is 0 Å². The van der Waals surface area contributed by atoms with Crippen LogP contribution in [0.5, 0.6) is 0 Å². The average Bonchev–Trinajstić information content (AvgIpc) is 2.99. The maximum atomic E-state index is 13.7. The Bertz CT molecular complexity index is 889. The molecule has 0 unspecified atom stereocenters. The van der Waals surface area contributed by atoms with E-state index in [-0.39, 0.29) is 17.9 Å². The maximum absolute atomic E-state index is 13.7. The van der Waals surface area contributed by atoms with E-state index >= 15 is 0 Å². The zero-order valence-electron chi connectivity index (χ0n) is 15.2. The number of hydrogen-bond acceptors (Lipinski definition) is 4. The normalized spacial score (nSPS) is 13.9. The van der Waals surface area contributed by atoms with Crippen molar-refractivity contribution in [3.63, 3.8) is 0 Å². The average molecular weight is 378 g/mol. The van der Waals surface area contributed by atoms with Crippen molar-refractivity contribution in [3.8, 4) is 0 Å². The molecule has 7 nitrogen and oxygen atoms in total. The van der Waals surface area contributed by atoms with Gasteiger partial charge in [-0.2, -0.15) is 5.10 Å². The predicted molar refractivity (Wildman–Crippen MR) is 93.2 cm³/mol. The van der Waals surface area contributed by atoms with Crippen molar-refractivity contribution < 1.29 is 23.1 Å². The van der Waals surface area contributed by atoms with Crippen LogP contribution in [0.15, 0.2) is 18.2 Å². The molecule has 144 valence electrons. The molecular formula is C18H20F2N4O3. The zero-order chi connectivity index (χ0) is 19.8. The molecule has 0 spiro atoms. The summed E-state index contributed by atoms with van der Waals surface area (Å²) < 4.78 is 32.3. The largest absolute Gasteiger partial charge is 0.444 e. The van der Waals surface area contributed by atoms with Gasteiger partial charge in [-0.15, -0.1) is 0 Å². The predicted octanol–water partition coefficient (Wildman–Crippen LogP) is 3.23. The number of carbonyl (C=O) groups excluding carboxylic acids is 2. The van der Waals surface area contributed by atoms with Crippen LogP contribution in [0, 0.1) is 11.6 Å². The van der Waals surface area contributed by atoms with Crippen molar-refractivity contribution >= 4 is 17.7 Å². The van der Waals surface area contributed by atoms with Gasteiger partial charge in [0.25, 0.3) is 5.91 Å². The number of rotatable bonds is 2. The molecule has 2 aromatic rings. The standard InChI is InChI=1S/C18H20F2N4O3/c1-18(2,3)27-17(26)24-7-6-11-14(9-24)22-23-15(11)16(25)21-13-8-10(19)4-5-12(13)20/h4-5,8H,6-7,9H2,1-3H3,(H,21,25)(H,22,23). The number of ether oxygens (including phenoxy) is 1. The minimum atomic E-state index is -0.745. The lowest BCUT2D eigenvalue weighted by Gasteiger charge is -2.29. The molecule has 9 heteroatoms. The van der Waals surface area contributed by atoms with E-state index in [0.717, 1.165) is 18.2 Å². The van der Waals surface area contributed by atoms with Gasteiger partial charge in [0.2, 0.25) is 0 Å². The summed E-state index contributed by atoms with van der Waals surface area (Å²) in [6, 6.07) is 2.80. The van der Waals surface area contributed by atoms with Crippen molar-refractivity contribution in [1.82, 2.24) is 15.1 Å². The fraction of sp³-hybridized carbons (Fsp3) is 0.389. The van der Waals surface area contributed by atoms with Gasteiger partial charge in [-0.3, -0.25) is 9.89 Å². The van der Waals surface area contributed by atoms with Crippen LogP contribution >= 0.6 is 0 Å². The van der Waals surface area contributed by atoms with E-state index in [1.807, 2.05) is 0 Å². The fourth-order valence-corrected chi connectivity index (χ4v) is 2.76. The summed E-state index contributed by atoms with van der Waals surface area (Å²) in [5.41, 5.74) is 0.479. The molecule has 0 fully saturated rings. The second-order valence-corrected chi connectivity index (χ2v) is 7.26. The second kappa shape index (κ2) is 6.98. The molecule has 1 aromatic carbocycles. The zero-order valence-corrected chi connectivity index (χ0v) is 15.2. The van der Waals surface area contributed by atoms with Gasteiger partial charge in [-0.25, -0.2) is 13.6 Å². The summed E-state index contributed by atoms with van der Waals surface area (Å²) in [6.45, 7) is 5.92. The lowest BCUT2D eigenvalue weighted by molar-refractivity contribution is 0.0221. The number of nitrogens with zero attached hydrogens (tertiary/aromatic N) is 2. The van der Waals surface area contributed by atoms with Crippen molar-refractivity contribution in [2.24, 2.45) is 0 Å². The molecule has 1 aromatic heterocycles. The van der Waals surface area contributed by atoms with Crippen LogP contribution in [0.1, 0.15) is 42.5 Å². The molecule has 0 bridgehead atoms. The fourth-order valence-electron chi connectivity index (χ4n) is 2.76. The highest BCUT2D eigenvalue weighted by molar-refractivity contribution is 6.04. The summed E-state index contributed by atoms with van der Waals surface area (Å²) in [5.74, 6) is -2.06. The highest BCUT2D eigenvalue weighted by atomic mass is 19.1. The van der Waals surface area contributed by atoms with E-state index in [1.165, 1.54) is 4.90 Å². The van der Waals surface area contributed by atoms with Crippen molar-refractivity contribution in [2.45, 2.75) is 39.3 Å². The van der Waals surface area contributed by atoms with E-state index in [9.17, 15) is 18.4 Å². The Balaban J connectivity index is 1.73. The Kier molecular flexibility index (Phi) is 4.86. The number of H-pyrrole nitrogens is 1. The molecule has 2 amide bonds. The van der Waals surface area contributed by atoms with Gasteiger partial charge >= 0.3 is 6.09 Å². The van der Waals surface area contributed by atoms with Gasteiger partial charge in [-0.1, -0.05) is 0 Å². The van der Waals surface area contributed by atoms with Crippen LogP contribution in [-0.4, -0.2) is 39.2 Å². The van der Waals surface area contributed by atoms with Gasteiger partial charge in [0, 0.05) is 18.2 Å². The molecule has 27 heavy (non-hydrogen) atoms. The first-order valence-electron chi connectivity index (χ1n) is 8.44. The number of anilines is 1. The minimum absolute atomic E-state index is 0.0949. The number of nitrogens with one attached hydrogen (secondary N) is 2. The Morgan fingerprint density at radius 3 is 2.74 bits per heavy atom. The van der Waals surface area contributed by atoms with E-state index in [1.54, 1.807) is 20.8 Å². The first-order valence-corrected chi connectivity index (χ1v) is 8.44. The van der Waals surface area contributed by atoms with Gasteiger partial charge in [0.1, 0.15) is 17.2 Å². The van der Waals surface area contributed by atoms with E-state index in [2.05, 4.69) is 15.5 Å². The smallest absolute Gasteiger partial charge is 0.410 e. The first-order chi connectivity index (χ1) is 12.6. The van der Waals surface area contributed by atoms with Crippen LogP contribution in [-0.2, 0) is 17.7 Å². The molecule has 0 aliphatic carbocycles. The van der Waals surface area contributed by atoms with Gasteiger partial charge in [-0.05, 0) is 39.3 Å². The summed E-state index contributed by atoms with van der Waals surface area (Å²) >= 11 is 0. The van der Waals surface area contributed by atoms with Gasteiger partial charge in [0.05, 0.1) is 17.9 Å². The molecule has 0 saturated carbocycles. The van der Waals surface area contributed by atoms with Crippen LogP contribution < -0.4 is 5.32 Å². The molecule has 1 aliphatic rings. The van der Waals surface area contributed by atoms with Crippen LogP contribution in [0.25, 0.3) is 0 Å². The molecule has 3 rings (SSSR count). The lowest BCUT2D eigenvalue weighted by atomic mass is 10.0. The third-order valence-electron chi connectivity index (χ3n) is 3.98. The molecule has 1 aliphatic heterocycles. The minimum Gasteiger partial charge on any atom is -0.444 e. The molecule has 2 heterocycles. The van der Waals surface area contributed by atoms with Gasteiger partial charge < -0.3 is 15.0 Å². The van der Waals surface area contributed by atoms with Crippen LogP contribution in [0.2, 0.25) is 0 Å². The number of benzene rings is 1.